The largest absolute Gasteiger partial charge is 0.382 e. The highest BCUT2D eigenvalue weighted by Crippen LogP contribution is 2.10. The Morgan fingerprint density at radius 3 is 2.56 bits per heavy atom. The number of carbonyl (C=O) groups is 1. The van der Waals surface area contributed by atoms with Crippen LogP contribution in [0.3, 0.4) is 0 Å². The fourth-order valence-electron chi connectivity index (χ4n) is 1.79. The number of amides is 1. The third-order valence-electron chi connectivity index (χ3n) is 2.76. The summed E-state index contributed by atoms with van der Waals surface area (Å²) in [5.41, 5.74) is 0. The number of rotatable bonds is 10. The Kier molecular flexibility index (Phi) is 7.91. The van der Waals surface area contributed by atoms with Crippen LogP contribution in [0.4, 0.5) is 0 Å². The van der Waals surface area contributed by atoms with Gasteiger partial charge in [0.15, 0.2) is 0 Å². The Morgan fingerprint density at radius 1 is 1.22 bits per heavy atom. The van der Waals surface area contributed by atoms with E-state index in [9.17, 15) is 4.79 Å². The Morgan fingerprint density at radius 2 is 1.89 bits per heavy atom. The molecule has 106 valence electrons. The molecule has 0 radical (unpaired) electrons. The van der Waals surface area contributed by atoms with Crippen LogP contribution in [0.25, 0.3) is 0 Å². The van der Waals surface area contributed by atoms with Gasteiger partial charge in [-0.2, -0.15) is 0 Å². The van der Waals surface area contributed by atoms with E-state index in [2.05, 4.69) is 17.3 Å². The first kappa shape index (κ1) is 15.4. The van der Waals surface area contributed by atoms with E-state index in [0.29, 0.717) is 32.3 Å². The molecule has 1 aliphatic rings. The highest BCUT2D eigenvalue weighted by molar-refractivity contribution is 5.77. The second-order valence-corrected chi connectivity index (χ2v) is 4.55. The average molecular weight is 260 g/mol. The van der Waals surface area contributed by atoms with E-state index >= 15 is 0 Å². The molecule has 6 heteroatoms. The van der Waals surface area contributed by atoms with Crippen molar-refractivity contribution in [1.29, 1.82) is 0 Å². The number of carbonyl (C=O) groups excluding carboxylic acids is 1. The molecular formula is C12H24N2O4. The highest BCUT2D eigenvalue weighted by Gasteiger charge is 2.23. The van der Waals surface area contributed by atoms with Gasteiger partial charge in [0.05, 0.1) is 26.4 Å². The molecule has 18 heavy (non-hydrogen) atoms. The Bertz CT molecular complexity index is 232. The topological polar surface area (TPSA) is 60.0 Å². The van der Waals surface area contributed by atoms with E-state index in [4.69, 9.17) is 14.2 Å². The molecule has 0 bridgehead atoms. The number of hydrogen-bond donors (Lipinski definition) is 1. The van der Waals surface area contributed by atoms with Crippen molar-refractivity contribution in [3.63, 3.8) is 0 Å². The van der Waals surface area contributed by atoms with E-state index < -0.39 is 0 Å². The van der Waals surface area contributed by atoms with Gasteiger partial charge in [0.25, 0.3) is 0 Å². The quantitative estimate of drug-likeness (QED) is 0.529. The van der Waals surface area contributed by atoms with Crippen molar-refractivity contribution in [3.8, 4) is 0 Å². The molecule has 1 aliphatic heterocycles. The smallest absolute Gasteiger partial charge is 0.246 e. The molecule has 1 fully saturated rings. The molecule has 1 heterocycles. The summed E-state index contributed by atoms with van der Waals surface area (Å²) in [5, 5.41) is 2.86. The first-order valence-electron chi connectivity index (χ1n) is 6.32. The van der Waals surface area contributed by atoms with Crippen molar-refractivity contribution in [1.82, 2.24) is 10.2 Å². The molecule has 0 aromatic carbocycles. The Balaban J connectivity index is 1.82. The molecule has 0 spiro atoms. The molecule has 0 saturated carbocycles. The molecule has 1 N–H and O–H groups in total. The maximum atomic E-state index is 11.4. The normalized spacial score (nSPS) is 16.6. The SMILES string of the molecule is COCCOCCOCC(=O)NCC1CN(C)C1. The lowest BCUT2D eigenvalue weighted by Gasteiger charge is -2.36. The molecule has 1 amide bonds. The number of hydrogen-bond acceptors (Lipinski definition) is 5. The standard InChI is InChI=1S/C12H24N2O4/c1-14-8-11(9-14)7-13-12(15)10-18-6-5-17-4-3-16-2/h11H,3-10H2,1-2H3,(H,13,15). The van der Waals surface area contributed by atoms with Crippen molar-refractivity contribution in [2.24, 2.45) is 5.92 Å². The van der Waals surface area contributed by atoms with E-state index in [1.807, 2.05) is 0 Å². The number of likely N-dealkylation sites (tertiary alicyclic amines) is 1. The van der Waals surface area contributed by atoms with Crippen molar-refractivity contribution < 1.29 is 19.0 Å². The molecule has 0 aliphatic carbocycles. The molecule has 1 saturated heterocycles. The molecule has 0 aromatic rings. The predicted octanol–water partition coefficient (Wildman–Crippen LogP) is -0.656. The molecule has 0 aromatic heterocycles. The van der Waals surface area contributed by atoms with E-state index in [-0.39, 0.29) is 12.5 Å². The minimum absolute atomic E-state index is 0.0542. The Hall–Kier alpha value is -0.690. The maximum absolute atomic E-state index is 11.4. The molecule has 6 nitrogen and oxygen atoms in total. The van der Waals surface area contributed by atoms with Gasteiger partial charge in [0.2, 0.25) is 5.91 Å². The zero-order valence-corrected chi connectivity index (χ0v) is 11.3. The lowest BCUT2D eigenvalue weighted by atomic mass is 10.0. The van der Waals surface area contributed by atoms with E-state index in [1.165, 1.54) is 0 Å². The van der Waals surface area contributed by atoms with Gasteiger partial charge < -0.3 is 24.4 Å². The fourth-order valence-corrected chi connectivity index (χ4v) is 1.79. The second-order valence-electron chi connectivity index (χ2n) is 4.55. The molecule has 0 unspecified atom stereocenters. The predicted molar refractivity (Wildman–Crippen MR) is 67.5 cm³/mol. The number of ether oxygens (including phenoxy) is 3. The minimum atomic E-state index is -0.0542. The fraction of sp³-hybridized carbons (Fsp3) is 0.917. The number of nitrogens with zero attached hydrogens (tertiary/aromatic N) is 1. The van der Waals surface area contributed by atoms with Gasteiger partial charge in [-0.25, -0.2) is 0 Å². The third kappa shape index (κ3) is 6.90. The summed E-state index contributed by atoms with van der Waals surface area (Å²) >= 11 is 0. The first-order valence-corrected chi connectivity index (χ1v) is 6.32. The monoisotopic (exact) mass is 260 g/mol. The van der Waals surface area contributed by atoms with Crippen molar-refractivity contribution in [2.75, 3.05) is 66.8 Å². The van der Waals surface area contributed by atoms with Crippen LogP contribution in [0.15, 0.2) is 0 Å². The number of nitrogens with one attached hydrogen (secondary N) is 1. The molecular weight excluding hydrogens is 236 g/mol. The summed E-state index contributed by atoms with van der Waals surface area (Å²) in [6.07, 6.45) is 0. The molecule has 1 rings (SSSR count). The average Bonchev–Trinajstić information content (AvgIpc) is 2.32. The van der Waals surface area contributed by atoms with Crippen LogP contribution < -0.4 is 5.32 Å². The highest BCUT2D eigenvalue weighted by atomic mass is 16.5. The Labute approximate surface area is 109 Å². The third-order valence-corrected chi connectivity index (χ3v) is 2.76. The van der Waals surface area contributed by atoms with Crippen LogP contribution in [0.5, 0.6) is 0 Å². The number of methoxy groups -OCH3 is 1. The van der Waals surface area contributed by atoms with Crippen molar-refractivity contribution in [3.05, 3.63) is 0 Å². The zero-order chi connectivity index (χ0) is 13.2. The van der Waals surface area contributed by atoms with Crippen molar-refractivity contribution in [2.45, 2.75) is 0 Å². The van der Waals surface area contributed by atoms with Crippen LogP contribution in [-0.4, -0.2) is 77.6 Å². The summed E-state index contributed by atoms with van der Waals surface area (Å²) in [5.74, 6) is 0.540. The van der Waals surface area contributed by atoms with Crippen LogP contribution in [0, 0.1) is 5.92 Å². The second kappa shape index (κ2) is 9.27. The summed E-state index contributed by atoms with van der Waals surface area (Å²) in [6, 6.07) is 0. The lowest BCUT2D eigenvalue weighted by Crippen LogP contribution is -2.49. The van der Waals surface area contributed by atoms with Gasteiger partial charge in [0, 0.05) is 32.7 Å². The lowest BCUT2D eigenvalue weighted by molar-refractivity contribution is -0.126. The van der Waals surface area contributed by atoms with Crippen LogP contribution >= 0.6 is 0 Å². The maximum Gasteiger partial charge on any atom is 0.246 e. The summed E-state index contributed by atoms with van der Waals surface area (Å²) in [6.45, 7) is 5.04. The van der Waals surface area contributed by atoms with E-state index in [0.717, 1.165) is 19.6 Å². The first-order chi connectivity index (χ1) is 8.72. The van der Waals surface area contributed by atoms with Crippen LogP contribution in [0.2, 0.25) is 0 Å². The van der Waals surface area contributed by atoms with Crippen LogP contribution in [-0.2, 0) is 19.0 Å². The summed E-state index contributed by atoms with van der Waals surface area (Å²) < 4.78 is 15.2. The van der Waals surface area contributed by atoms with Gasteiger partial charge in [-0.05, 0) is 7.05 Å². The van der Waals surface area contributed by atoms with Gasteiger partial charge in [-0.1, -0.05) is 0 Å². The van der Waals surface area contributed by atoms with Gasteiger partial charge in [-0.3, -0.25) is 4.79 Å². The van der Waals surface area contributed by atoms with Gasteiger partial charge >= 0.3 is 0 Å². The zero-order valence-electron chi connectivity index (χ0n) is 11.3. The van der Waals surface area contributed by atoms with Crippen molar-refractivity contribution >= 4 is 5.91 Å². The van der Waals surface area contributed by atoms with Crippen LogP contribution in [0.1, 0.15) is 0 Å². The van der Waals surface area contributed by atoms with Gasteiger partial charge in [-0.15, -0.1) is 0 Å². The molecule has 0 atom stereocenters. The van der Waals surface area contributed by atoms with Gasteiger partial charge in [0.1, 0.15) is 6.61 Å². The summed E-state index contributed by atoms with van der Waals surface area (Å²) in [7, 11) is 3.70. The van der Waals surface area contributed by atoms with E-state index in [1.54, 1.807) is 7.11 Å². The minimum Gasteiger partial charge on any atom is -0.382 e. The summed E-state index contributed by atoms with van der Waals surface area (Å²) in [4.78, 5) is 13.6.